The van der Waals surface area contributed by atoms with E-state index in [9.17, 15) is 4.79 Å². The van der Waals surface area contributed by atoms with Gasteiger partial charge in [0.05, 0.1) is 12.2 Å². The van der Waals surface area contributed by atoms with Crippen LogP contribution in [0.1, 0.15) is 41.5 Å². The second kappa shape index (κ2) is 5.24. The minimum Gasteiger partial charge on any atom is -0.399 e. The highest BCUT2D eigenvalue weighted by Crippen LogP contribution is 2.22. The second-order valence-corrected chi connectivity index (χ2v) is 5.77. The zero-order valence-electron chi connectivity index (χ0n) is 12.4. The Labute approximate surface area is 124 Å². The van der Waals surface area contributed by atoms with Gasteiger partial charge in [0.1, 0.15) is 0 Å². The molecule has 0 bridgehead atoms. The maximum atomic E-state index is 12.5. The third kappa shape index (κ3) is 2.63. The molecule has 0 spiro atoms. The first kappa shape index (κ1) is 13.7. The van der Waals surface area contributed by atoms with Crippen LogP contribution in [-0.4, -0.2) is 27.1 Å². The van der Waals surface area contributed by atoms with Crippen LogP contribution in [0.15, 0.2) is 30.5 Å². The summed E-state index contributed by atoms with van der Waals surface area (Å²) in [7, 11) is 0. The molecule has 0 saturated heterocycles. The summed E-state index contributed by atoms with van der Waals surface area (Å²) in [5.41, 5.74) is 9.15. The van der Waals surface area contributed by atoms with Crippen molar-refractivity contribution in [3.05, 3.63) is 47.3 Å². The number of aromatic nitrogens is 2. The zero-order valence-corrected chi connectivity index (χ0v) is 12.4. The van der Waals surface area contributed by atoms with E-state index in [0.717, 1.165) is 29.8 Å². The number of nitrogen functional groups attached to an aromatic ring is 1. The number of nitrogens with zero attached hydrogens (tertiary/aromatic N) is 3. The minimum atomic E-state index is 0.0441. The molecule has 0 radical (unpaired) electrons. The van der Waals surface area contributed by atoms with Crippen molar-refractivity contribution < 1.29 is 4.79 Å². The summed E-state index contributed by atoms with van der Waals surface area (Å²) >= 11 is 0. The molecule has 0 atom stereocenters. The van der Waals surface area contributed by atoms with E-state index in [1.54, 1.807) is 6.07 Å². The van der Waals surface area contributed by atoms with E-state index in [2.05, 4.69) is 18.9 Å². The van der Waals surface area contributed by atoms with Crippen LogP contribution in [-0.2, 0) is 13.0 Å². The summed E-state index contributed by atoms with van der Waals surface area (Å²) in [6.45, 7) is 5.45. The smallest absolute Gasteiger partial charge is 0.254 e. The fourth-order valence-corrected chi connectivity index (χ4v) is 2.63. The average molecular weight is 284 g/mol. The van der Waals surface area contributed by atoms with E-state index in [-0.39, 0.29) is 5.91 Å². The molecular weight excluding hydrogens is 264 g/mol. The average Bonchev–Trinajstić information content (AvgIpc) is 2.91. The molecule has 5 heteroatoms. The highest BCUT2D eigenvalue weighted by atomic mass is 16.2. The topological polar surface area (TPSA) is 64.2 Å². The number of benzene rings is 1. The van der Waals surface area contributed by atoms with Gasteiger partial charge in [0.2, 0.25) is 0 Å². The van der Waals surface area contributed by atoms with E-state index >= 15 is 0 Å². The van der Waals surface area contributed by atoms with Crippen molar-refractivity contribution in [2.75, 3.05) is 12.3 Å². The largest absolute Gasteiger partial charge is 0.399 e. The summed E-state index contributed by atoms with van der Waals surface area (Å²) in [5, 5.41) is 4.51. The number of carbonyl (C=O) groups excluding carboxylic acids is 1. The Morgan fingerprint density at radius 3 is 2.86 bits per heavy atom. The molecule has 1 aliphatic heterocycles. The lowest BCUT2D eigenvalue weighted by atomic mass is 9.98. The van der Waals surface area contributed by atoms with Crippen molar-refractivity contribution in [1.82, 2.24) is 14.7 Å². The van der Waals surface area contributed by atoms with Gasteiger partial charge < -0.3 is 10.6 Å². The lowest BCUT2D eigenvalue weighted by Crippen LogP contribution is -2.37. The summed E-state index contributed by atoms with van der Waals surface area (Å²) in [5.74, 6) is 0.0441. The Morgan fingerprint density at radius 2 is 2.14 bits per heavy atom. The van der Waals surface area contributed by atoms with Gasteiger partial charge in [0.25, 0.3) is 5.91 Å². The number of rotatable bonds is 3. The molecule has 1 amide bonds. The minimum absolute atomic E-state index is 0.0441. The molecule has 5 nitrogen and oxygen atoms in total. The third-order valence-corrected chi connectivity index (χ3v) is 3.85. The van der Waals surface area contributed by atoms with E-state index in [0.29, 0.717) is 18.3 Å². The number of fused-ring (bicyclic) bond motifs is 1. The van der Waals surface area contributed by atoms with Crippen LogP contribution in [0.2, 0.25) is 0 Å². The lowest BCUT2D eigenvalue weighted by Gasteiger charge is -2.28. The molecular formula is C16H20N4O. The predicted molar refractivity (Wildman–Crippen MR) is 81.9 cm³/mol. The quantitative estimate of drug-likeness (QED) is 0.879. The second-order valence-electron chi connectivity index (χ2n) is 5.77. The van der Waals surface area contributed by atoms with Gasteiger partial charge in [-0.25, -0.2) is 0 Å². The summed E-state index contributed by atoms with van der Waals surface area (Å²) in [6.07, 6.45) is 2.83. The van der Waals surface area contributed by atoms with Crippen LogP contribution in [0.4, 0.5) is 5.69 Å². The van der Waals surface area contributed by atoms with Gasteiger partial charge in [-0.1, -0.05) is 6.07 Å². The Hall–Kier alpha value is -2.30. The van der Waals surface area contributed by atoms with Gasteiger partial charge in [-0.3, -0.25) is 9.48 Å². The van der Waals surface area contributed by atoms with Crippen molar-refractivity contribution in [2.45, 2.75) is 32.9 Å². The SMILES string of the molecule is CC(C)n1ccc(CN2CCc3ccc(N)cc3C2=O)n1. The molecule has 1 aliphatic rings. The normalized spacial score (nSPS) is 14.6. The molecule has 2 aromatic rings. The first-order chi connectivity index (χ1) is 10.0. The molecule has 3 rings (SSSR count). The number of anilines is 1. The standard InChI is InChI=1S/C16H20N4O/c1-11(2)20-8-6-14(18-20)10-19-7-5-12-3-4-13(17)9-15(12)16(19)21/h3-4,6,8-9,11H,5,7,10,17H2,1-2H3. The molecule has 1 aromatic heterocycles. The Kier molecular flexibility index (Phi) is 3.41. The van der Waals surface area contributed by atoms with Crippen molar-refractivity contribution in [3.63, 3.8) is 0 Å². The van der Waals surface area contributed by atoms with Gasteiger partial charge in [0.15, 0.2) is 0 Å². The molecule has 2 N–H and O–H groups in total. The van der Waals surface area contributed by atoms with Crippen LogP contribution in [0.5, 0.6) is 0 Å². The van der Waals surface area contributed by atoms with E-state index in [1.807, 2.05) is 34.0 Å². The number of carbonyl (C=O) groups is 1. The lowest BCUT2D eigenvalue weighted by molar-refractivity contribution is 0.0724. The third-order valence-electron chi connectivity index (χ3n) is 3.85. The van der Waals surface area contributed by atoms with E-state index in [1.165, 1.54) is 0 Å². The Balaban J connectivity index is 1.79. The number of amides is 1. The van der Waals surface area contributed by atoms with Crippen LogP contribution >= 0.6 is 0 Å². The fraction of sp³-hybridized carbons (Fsp3) is 0.375. The Bertz CT molecular complexity index is 675. The highest BCUT2D eigenvalue weighted by Gasteiger charge is 2.25. The van der Waals surface area contributed by atoms with Crippen molar-refractivity contribution >= 4 is 11.6 Å². The van der Waals surface area contributed by atoms with Crippen LogP contribution in [0.3, 0.4) is 0 Å². The Morgan fingerprint density at radius 1 is 1.33 bits per heavy atom. The molecule has 0 aliphatic carbocycles. The molecule has 2 heterocycles. The highest BCUT2D eigenvalue weighted by molar-refractivity contribution is 5.97. The molecule has 0 fully saturated rings. The van der Waals surface area contributed by atoms with Gasteiger partial charge in [-0.05, 0) is 44.0 Å². The van der Waals surface area contributed by atoms with E-state index in [4.69, 9.17) is 5.73 Å². The summed E-state index contributed by atoms with van der Waals surface area (Å²) in [6, 6.07) is 7.88. The first-order valence-corrected chi connectivity index (χ1v) is 7.26. The van der Waals surface area contributed by atoms with Crippen LogP contribution in [0, 0.1) is 0 Å². The van der Waals surface area contributed by atoms with Gasteiger partial charge in [0, 0.05) is 30.0 Å². The van der Waals surface area contributed by atoms with Crippen molar-refractivity contribution in [2.24, 2.45) is 0 Å². The number of nitrogens with two attached hydrogens (primary N) is 1. The van der Waals surface area contributed by atoms with Crippen molar-refractivity contribution in [3.8, 4) is 0 Å². The monoisotopic (exact) mass is 284 g/mol. The molecule has 110 valence electrons. The zero-order chi connectivity index (χ0) is 15.0. The predicted octanol–water partition coefficient (Wildman–Crippen LogP) is 2.24. The summed E-state index contributed by atoms with van der Waals surface area (Å²) < 4.78 is 1.91. The summed E-state index contributed by atoms with van der Waals surface area (Å²) in [4.78, 5) is 14.4. The van der Waals surface area contributed by atoms with Gasteiger partial charge in [-0.2, -0.15) is 5.10 Å². The van der Waals surface area contributed by atoms with E-state index < -0.39 is 0 Å². The maximum absolute atomic E-state index is 12.5. The molecule has 21 heavy (non-hydrogen) atoms. The first-order valence-electron chi connectivity index (χ1n) is 7.26. The number of hydrogen-bond donors (Lipinski definition) is 1. The number of hydrogen-bond acceptors (Lipinski definition) is 3. The molecule has 0 unspecified atom stereocenters. The maximum Gasteiger partial charge on any atom is 0.254 e. The van der Waals surface area contributed by atoms with Crippen LogP contribution < -0.4 is 5.73 Å². The molecule has 1 aromatic carbocycles. The van der Waals surface area contributed by atoms with Crippen LogP contribution in [0.25, 0.3) is 0 Å². The molecule has 0 saturated carbocycles. The van der Waals surface area contributed by atoms with Gasteiger partial charge >= 0.3 is 0 Å². The fourth-order valence-electron chi connectivity index (χ4n) is 2.63. The van der Waals surface area contributed by atoms with Gasteiger partial charge in [-0.15, -0.1) is 0 Å². The van der Waals surface area contributed by atoms with Crippen molar-refractivity contribution in [1.29, 1.82) is 0 Å².